The van der Waals surface area contributed by atoms with Crippen LogP contribution in [0.2, 0.25) is 0 Å². The number of para-hydroxylation sites is 1. The van der Waals surface area contributed by atoms with Crippen molar-refractivity contribution in [1.82, 2.24) is 10.3 Å². The number of halogens is 2. The molecule has 8 heteroatoms. The van der Waals surface area contributed by atoms with Gasteiger partial charge in [-0.15, -0.1) is 0 Å². The summed E-state index contributed by atoms with van der Waals surface area (Å²) >= 11 is 1.31. The van der Waals surface area contributed by atoms with E-state index in [1.807, 2.05) is 31.3 Å². The van der Waals surface area contributed by atoms with Crippen molar-refractivity contribution in [3.8, 4) is 5.75 Å². The predicted octanol–water partition coefficient (Wildman–Crippen LogP) is 4.03. The van der Waals surface area contributed by atoms with E-state index in [-0.39, 0.29) is 17.9 Å². The number of fused-ring (bicyclic) bond motifs is 2. The molecule has 2 aliphatic heterocycles. The van der Waals surface area contributed by atoms with Gasteiger partial charge in [0, 0.05) is 30.4 Å². The molecule has 0 saturated carbocycles. The molecule has 5 nitrogen and oxygen atoms in total. The molecule has 2 atom stereocenters. The topological polar surface area (TPSA) is 53.9 Å². The van der Waals surface area contributed by atoms with E-state index >= 15 is 0 Å². The summed E-state index contributed by atoms with van der Waals surface area (Å²) in [6.07, 6.45) is 2.75. The maximum Gasteiger partial charge on any atom is 0.244 e. The van der Waals surface area contributed by atoms with Crippen LogP contribution in [-0.4, -0.2) is 42.3 Å². The second kappa shape index (κ2) is 8.28. The minimum Gasteiger partial charge on any atom is -0.493 e. The number of rotatable bonds is 5. The third kappa shape index (κ3) is 3.71. The molecule has 1 aliphatic carbocycles. The quantitative estimate of drug-likeness (QED) is 0.732. The Morgan fingerprint density at radius 3 is 3.10 bits per heavy atom. The molecule has 3 aliphatic rings. The minimum absolute atomic E-state index is 0.0156. The molecule has 1 aromatic carbocycles. The molecule has 2 unspecified atom stereocenters. The number of nitrogens with one attached hydrogen (secondary N) is 1. The summed E-state index contributed by atoms with van der Waals surface area (Å²) in [6.45, 7) is 1.12. The molecule has 0 bridgehead atoms. The molecule has 1 N–H and O–H groups in total. The van der Waals surface area contributed by atoms with E-state index in [4.69, 9.17) is 4.74 Å². The summed E-state index contributed by atoms with van der Waals surface area (Å²) in [5, 5.41) is 9.36. The highest BCUT2D eigenvalue weighted by Crippen LogP contribution is 2.55. The monoisotopic (exact) mass is 419 g/mol. The molecule has 1 amide bonds. The smallest absolute Gasteiger partial charge is 0.244 e. The number of carbonyl (C=O) groups is 1. The van der Waals surface area contributed by atoms with Crippen LogP contribution in [0, 0.1) is 0 Å². The number of carbonyl (C=O) groups excluding carboxylic acids is 1. The summed E-state index contributed by atoms with van der Waals surface area (Å²) in [5.41, 5.74) is 0.956. The minimum atomic E-state index is -1.26. The van der Waals surface area contributed by atoms with E-state index in [2.05, 4.69) is 10.4 Å². The first-order valence-corrected chi connectivity index (χ1v) is 10.6. The third-order valence-corrected chi connectivity index (χ3v) is 6.65. The molecular weight excluding hydrogens is 396 g/mol. The molecule has 1 aromatic rings. The van der Waals surface area contributed by atoms with Gasteiger partial charge in [-0.2, -0.15) is 5.10 Å². The van der Waals surface area contributed by atoms with Crippen molar-refractivity contribution in [2.75, 3.05) is 20.2 Å². The van der Waals surface area contributed by atoms with Crippen LogP contribution in [0.25, 0.3) is 0 Å². The van der Waals surface area contributed by atoms with Gasteiger partial charge >= 0.3 is 0 Å². The Kier molecular flexibility index (Phi) is 5.74. The van der Waals surface area contributed by atoms with Gasteiger partial charge in [-0.05, 0) is 38.2 Å². The summed E-state index contributed by atoms with van der Waals surface area (Å²) in [7, 11) is 1.83. The highest BCUT2D eigenvalue weighted by atomic mass is 32.2. The maximum atomic E-state index is 14.5. The number of nitrogens with zero attached hydrogens (tertiary/aromatic N) is 2. The number of hydrogen-bond acceptors (Lipinski definition) is 5. The van der Waals surface area contributed by atoms with Gasteiger partial charge < -0.3 is 10.1 Å². The Morgan fingerprint density at radius 1 is 1.45 bits per heavy atom. The molecule has 0 saturated heterocycles. The van der Waals surface area contributed by atoms with E-state index in [0.717, 1.165) is 5.56 Å². The number of alkyl halides is 1. The van der Waals surface area contributed by atoms with Crippen LogP contribution in [0.5, 0.6) is 5.75 Å². The zero-order valence-corrected chi connectivity index (χ0v) is 17.0. The fourth-order valence-electron chi connectivity index (χ4n) is 3.79. The molecule has 0 fully saturated rings. The van der Waals surface area contributed by atoms with Gasteiger partial charge in [0.2, 0.25) is 5.91 Å². The summed E-state index contributed by atoms with van der Waals surface area (Å²) in [5.74, 6) is 0.0508. The van der Waals surface area contributed by atoms with Crippen molar-refractivity contribution in [3.05, 3.63) is 53.4 Å². The number of hydrazone groups is 1. The molecule has 154 valence electrons. The third-order valence-electron chi connectivity index (χ3n) is 5.22. The Balaban J connectivity index is 1.74. The van der Waals surface area contributed by atoms with E-state index in [1.165, 1.54) is 28.9 Å². The van der Waals surface area contributed by atoms with Crippen LogP contribution in [0.1, 0.15) is 31.2 Å². The van der Waals surface area contributed by atoms with Crippen LogP contribution in [0.15, 0.2) is 52.9 Å². The van der Waals surface area contributed by atoms with Crippen molar-refractivity contribution in [2.24, 2.45) is 5.10 Å². The van der Waals surface area contributed by atoms with Gasteiger partial charge in [0.05, 0.1) is 6.61 Å². The Bertz CT molecular complexity index is 902. The predicted molar refractivity (Wildman–Crippen MR) is 110 cm³/mol. The number of benzene rings is 1. The standard InChI is InChI=1S/C21H23F2N3O2S/c1-24-11-4-7-19(27)26-21(10-12-28-18-6-3-2-5-16(18)21)29-20(25-26)15-13-14(22)8-9-17(15)23/h2-3,5-6,9,13-14,24H,4,7-8,10-12H2,1H3. The first-order valence-electron chi connectivity index (χ1n) is 9.75. The lowest BCUT2D eigenvalue weighted by Crippen LogP contribution is -2.44. The zero-order valence-electron chi connectivity index (χ0n) is 16.2. The lowest BCUT2D eigenvalue weighted by molar-refractivity contribution is -0.135. The molecule has 29 heavy (non-hydrogen) atoms. The second-order valence-corrected chi connectivity index (χ2v) is 8.45. The lowest BCUT2D eigenvalue weighted by Gasteiger charge is -2.39. The molecular formula is C21H23F2N3O2S. The van der Waals surface area contributed by atoms with Crippen LogP contribution in [0.4, 0.5) is 8.78 Å². The van der Waals surface area contributed by atoms with Crippen molar-refractivity contribution in [2.45, 2.75) is 36.7 Å². The number of amides is 1. The average molecular weight is 419 g/mol. The summed E-state index contributed by atoms with van der Waals surface area (Å²) in [6, 6.07) is 7.52. The van der Waals surface area contributed by atoms with Crippen LogP contribution in [0.3, 0.4) is 0 Å². The van der Waals surface area contributed by atoms with Crippen molar-refractivity contribution >= 4 is 22.7 Å². The molecule has 0 radical (unpaired) electrons. The van der Waals surface area contributed by atoms with Crippen molar-refractivity contribution in [3.63, 3.8) is 0 Å². The molecule has 2 heterocycles. The summed E-state index contributed by atoms with van der Waals surface area (Å²) < 4.78 is 34.2. The van der Waals surface area contributed by atoms with Gasteiger partial charge in [0.25, 0.3) is 0 Å². The van der Waals surface area contributed by atoms with Crippen molar-refractivity contribution < 1.29 is 18.3 Å². The van der Waals surface area contributed by atoms with Gasteiger partial charge in [-0.25, -0.2) is 13.8 Å². The fraction of sp³-hybridized carbons (Fsp3) is 0.429. The van der Waals surface area contributed by atoms with Crippen LogP contribution < -0.4 is 10.1 Å². The second-order valence-electron chi connectivity index (χ2n) is 7.18. The Labute approximate surface area is 172 Å². The van der Waals surface area contributed by atoms with E-state index in [1.54, 1.807) is 0 Å². The number of ether oxygens (including phenoxy) is 1. The normalized spacial score (nSPS) is 25.8. The van der Waals surface area contributed by atoms with Gasteiger partial charge in [0.15, 0.2) is 0 Å². The number of hydrogen-bond donors (Lipinski definition) is 1. The largest absolute Gasteiger partial charge is 0.493 e. The highest BCUT2D eigenvalue weighted by molar-refractivity contribution is 8.15. The molecule has 0 aromatic heterocycles. The maximum absolute atomic E-state index is 14.5. The summed E-state index contributed by atoms with van der Waals surface area (Å²) in [4.78, 5) is 12.3. The van der Waals surface area contributed by atoms with Crippen LogP contribution >= 0.6 is 11.8 Å². The van der Waals surface area contributed by atoms with Crippen molar-refractivity contribution in [1.29, 1.82) is 0 Å². The van der Waals surface area contributed by atoms with E-state index in [0.29, 0.717) is 43.2 Å². The van der Waals surface area contributed by atoms with Gasteiger partial charge in [0.1, 0.15) is 27.7 Å². The molecule has 4 rings (SSSR count). The van der Waals surface area contributed by atoms with Gasteiger partial charge in [-0.1, -0.05) is 30.0 Å². The number of allylic oxidation sites excluding steroid dienone is 3. The zero-order chi connectivity index (χ0) is 20.4. The fourth-order valence-corrected chi connectivity index (χ4v) is 5.20. The Morgan fingerprint density at radius 2 is 2.28 bits per heavy atom. The average Bonchev–Trinajstić information content (AvgIpc) is 3.10. The van der Waals surface area contributed by atoms with Crippen LogP contribution in [-0.2, 0) is 9.67 Å². The number of thioether (sulfide) groups is 1. The first-order chi connectivity index (χ1) is 14.0. The van der Waals surface area contributed by atoms with E-state index < -0.39 is 16.9 Å². The van der Waals surface area contributed by atoms with Gasteiger partial charge in [-0.3, -0.25) is 4.79 Å². The SMILES string of the molecule is CNCCCC(=O)N1N=C(C2=CC(F)CC=C2F)SC12CCOc1ccccc12. The Hall–Kier alpha value is -2.19. The van der Waals surface area contributed by atoms with E-state index in [9.17, 15) is 13.6 Å². The first kappa shape index (κ1) is 20.1. The lowest BCUT2D eigenvalue weighted by atomic mass is 9.98. The molecule has 1 spiro atoms. The highest BCUT2D eigenvalue weighted by Gasteiger charge is 2.52.